The Hall–Kier alpha value is -0.870. The fourth-order valence-corrected chi connectivity index (χ4v) is 3.24. The lowest BCUT2D eigenvalue weighted by atomic mass is 9.98. The van der Waals surface area contributed by atoms with Crippen LogP contribution in [-0.4, -0.2) is 29.0 Å². The Labute approximate surface area is 129 Å². The van der Waals surface area contributed by atoms with E-state index in [0.29, 0.717) is 5.92 Å². The first-order valence-corrected chi connectivity index (χ1v) is 8.60. The molecule has 0 bridgehead atoms. The molecular formula is C17H31N3O. The highest BCUT2D eigenvalue weighted by Gasteiger charge is 2.21. The first-order chi connectivity index (χ1) is 10.2. The van der Waals surface area contributed by atoms with Gasteiger partial charge in [0.15, 0.2) is 0 Å². The van der Waals surface area contributed by atoms with Crippen molar-refractivity contribution >= 4 is 0 Å². The van der Waals surface area contributed by atoms with Gasteiger partial charge in [-0.15, -0.1) is 0 Å². The summed E-state index contributed by atoms with van der Waals surface area (Å²) in [5.41, 5.74) is 10.3. The van der Waals surface area contributed by atoms with E-state index in [0.717, 1.165) is 58.3 Å². The summed E-state index contributed by atoms with van der Waals surface area (Å²) in [6.45, 7) is 9.44. The summed E-state index contributed by atoms with van der Waals surface area (Å²) in [6.07, 6.45) is 6.36. The van der Waals surface area contributed by atoms with Gasteiger partial charge in [-0.05, 0) is 50.0 Å². The molecule has 0 saturated carbocycles. The van der Waals surface area contributed by atoms with E-state index >= 15 is 0 Å². The SMILES string of the molecule is CCc1nn(CC2CCOCC2)c(CC)c1CC(N)CC. The number of aromatic nitrogens is 2. The van der Waals surface area contributed by atoms with E-state index in [9.17, 15) is 0 Å². The maximum absolute atomic E-state index is 6.19. The van der Waals surface area contributed by atoms with Crippen molar-refractivity contribution in [2.24, 2.45) is 11.7 Å². The first kappa shape index (κ1) is 16.5. The standard InChI is InChI=1S/C17H31N3O/c1-4-14(18)11-15-16(5-2)19-20(17(15)6-3)12-13-7-9-21-10-8-13/h13-14H,4-12,18H2,1-3H3. The second-order valence-electron chi connectivity index (χ2n) is 6.19. The lowest BCUT2D eigenvalue weighted by molar-refractivity contribution is 0.0598. The van der Waals surface area contributed by atoms with Crippen molar-refractivity contribution in [3.05, 3.63) is 17.0 Å². The molecule has 1 unspecified atom stereocenters. The van der Waals surface area contributed by atoms with Crippen molar-refractivity contribution in [3.63, 3.8) is 0 Å². The zero-order valence-electron chi connectivity index (χ0n) is 13.9. The quantitative estimate of drug-likeness (QED) is 0.841. The molecule has 0 amide bonds. The summed E-state index contributed by atoms with van der Waals surface area (Å²) in [7, 11) is 0. The number of hydrogen-bond acceptors (Lipinski definition) is 3. The van der Waals surface area contributed by atoms with Gasteiger partial charge in [0.05, 0.1) is 5.69 Å². The van der Waals surface area contributed by atoms with Gasteiger partial charge in [-0.3, -0.25) is 4.68 Å². The third-order valence-corrected chi connectivity index (χ3v) is 4.68. The number of nitrogens with zero attached hydrogens (tertiary/aromatic N) is 2. The van der Waals surface area contributed by atoms with Crippen molar-refractivity contribution < 1.29 is 4.74 Å². The highest BCUT2D eigenvalue weighted by atomic mass is 16.5. The Balaban J connectivity index is 2.19. The van der Waals surface area contributed by atoms with Gasteiger partial charge in [-0.2, -0.15) is 5.10 Å². The van der Waals surface area contributed by atoms with Crippen molar-refractivity contribution in [3.8, 4) is 0 Å². The van der Waals surface area contributed by atoms with E-state index in [2.05, 4.69) is 25.5 Å². The lowest BCUT2D eigenvalue weighted by Crippen LogP contribution is -2.23. The second-order valence-corrected chi connectivity index (χ2v) is 6.19. The summed E-state index contributed by atoms with van der Waals surface area (Å²) in [5.74, 6) is 0.710. The van der Waals surface area contributed by atoms with Gasteiger partial charge in [0.1, 0.15) is 0 Å². The van der Waals surface area contributed by atoms with Gasteiger partial charge in [0, 0.05) is 31.5 Å². The Morgan fingerprint density at radius 1 is 1.24 bits per heavy atom. The van der Waals surface area contributed by atoms with Gasteiger partial charge in [-0.25, -0.2) is 0 Å². The van der Waals surface area contributed by atoms with Crippen LogP contribution in [0.1, 0.15) is 57.0 Å². The van der Waals surface area contributed by atoms with Crippen LogP contribution < -0.4 is 5.73 Å². The van der Waals surface area contributed by atoms with Gasteiger partial charge < -0.3 is 10.5 Å². The maximum atomic E-state index is 6.19. The zero-order valence-corrected chi connectivity index (χ0v) is 13.9. The van der Waals surface area contributed by atoms with Gasteiger partial charge in [0.25, 0.3) is 0 Å². The van der Waals surface area contributed by atoms with Crippen LogP contribution in [0.4, 0.5) is 0 Å². The molecule has 1 aromatic rings. The van der Waals surface area contributed by atoms with Crippen LogP contribution in [0.3, 0.4) is 0 Å². The largest absolute Gasteiger partial charge is 0.381 e. The average Bonchev–Trinajstić information content (AvgIpc) is 2.84. The molecule has 120 valence electrons. The summed E-state index contributed by atoms with van der Waals surface area (Å²) >= 11 is 0. The molecule has 1 saturated heterocycles. The van der Waals surface area contributed by atoms with E-state index in [4.69, 9.17) is 15.6 Å². The number of ether oxygens (including phenoxy) is 1. The molecule has 2 N–H and O–H groups in total. The third kappa shape index (κ3) is 4.07. The van der Waals surface area contributed by atoms with E-state index < -0.39 is 0 Å². The predicted molar refractivity (Wildman–Crippen MR) is 86.5 cm³/mol. The minimum Gasteiger partial charge on any atom is -0.381 e. The Morgan fingerprint density at radius 3 is 2.52 bits per heavy atom. The summed E-state index contributed by atoms with van der Waals surface area (Å²) < 4.78 is 7.74. The summed E-state index contributed by atoms with van der Waals surface area (Å²) in [4.78, 5) is 0. The molecule has 21 heavy (non-hydrogen) atoms. The molecule has 1 atom stereocenters. The summed E-state index contributed by atoms with van der Waals surface area (Å²) in [6, 6.07) is 0.251. The number of hydrogen-bond donors (Lipinski definition) is 1. The van der Waals surface area contributed by atoms with Gasteiger partial charge in [0.2, 0.25) is 0 Å². The molecule has 1 aromatic heterocycles. The Kier molecular flexibility index (Phi) is 6.24. The molecule has 1 aliphatic rings. The van der Waals surface area contributed by atoms with E-state index in [1.54, 1.807) is 0 Å². The average molecular weight is 293 g/mol. The minimum absolute atomic E-state index is 0.251. The monoisotopic (exact) mass is 293 g/mol. The molecule has 0 aromatic carbocycles. The van der Waals surface area contributed by atoms with Crippen LogP contribution in [0.25, 0.3) is 0 Å². The van der Waals surface area contributed by atoms with Crippen LogP contribution >= 0.6 is 0 Å². The number of rotatable bonds is 7. The lowest BCUT2D eigenvalue weighted by Gasteiger charge is -2.22. The molecular weight excluding hydrogens is 262 g/mol. The topological polar surface area (TPSA) is 53.1 Å². The fraction of sp³-hybridized carbons (Fsp3) is 0.824. The maximum Gasteiger partial charge on any atom is 0.0657 e. The van der Waals surface area contributed by atoms with Crippen LogP contribution in [0, 0.1) is 5.92 Å². The molecule has 2 heterocycles. The molecule has 4 heteroatoms. The van der Waals surface area contributed by atoms with Crippen LogP contribution in [0.15, 0.2) is 0 Å². The molecule has 1 fully saturated rings. The summed E-state index contributed by atoms with van der Waals surface area (Å²) in [5, 5.41) is 4.90. The fourth-order valence-electron chi connectivity index (χ4n) is 3.24. The molecule has 2 rings (SSSR count). The normalized spacial score (nSPS) is 18.1. The van der Waals surface area contributed by atoms with E-state index in [-0.39, 0.29) is 6.04 Å². The zero-order chi connectivity index (χ0) is 15.2. The molecule has 0 aliphatic carbocycles. The first-order valence-electron chi connectivity index (χ1n) is 8.60. The van der Waals surface area contributed by atoms with Crippen molar-refractivity contribution in [2.75, 3.05) is 13.2 Å². The van der Waals surface area contributed by atoms with Crippen LogP contribution in [-0.2, 0) is 30.5 Å². The van der Waals surface area contributed by atoms with Crippen LogP contribution in [0.5, 0.6) is 0 Å². The number of aryl methyl sites for hydroxylation is 1. The Morgan fingerprint density at radius 2 is 1.95 bits per heavy atom. The van der Waals surface area contributed by atoms with E-state index in [1.807, 2.05) is 0 Å². The smallest absolute Gasteiger partial charge is 0.0657 e. The molecule has 1 aliphatic heterocycles. The van der Waals surface area contributed by atoms with Crippen LogP contribution in [0.2, 0.25) is 0 Å². The van der Waals surface area contributed by atoms with Gasteiger partial charge in [-0.1, -0.05) is 20.8 Å². The minimum atomic E-state index is 0.251. The second kappa shape index (κ2) is 7.95. The van der Waals surface area contributed by atoms with Crippen molar-refractivity contribution in [1.29, 1.82) is 0 Å². The highest BCUT2D eigenvalue weighted by Crippen LogP contribution is 2.23. The van der Waals surface area contributed by atoms with E-state index in [1.165, 1.54) is 17.0 Å². The molecule has 4 nitrogen and oxygen atoms in total. The molecule has 0 radical (unpaired) electrons. The van der Waals surface area contributed by atoms with Gasteiger partial charge >= 0.3 is 0 Å². The number of nitrogens with two attached hydrogens (primary N) is 1. The van der Waals surface area contributed by atoms with Crippen molar-refractivity contribution in [1.82, 2.24) is 9.78 Å². The molecule has 0 spiro atoms. The Bertz CT molecular complexity index is 435. The predicted octanol–water partition coefficient (Wildman–Crippen LogP) is 2.71. The third-order valence-electron chi connectivity index (χ3n) is 4.68. The highest BCUT2D eigenvalue weighted by molar-refractivity contribution is 5.28. The van der Waals surface area contributed by atoms with Crippen molar-refractivity contribution in [2.45, 2.75) is 71.9 Å².